The molecule has 0 radical (unpaired) electrons. The van der Waals surface area contributed by atoms with E-state index in [0.717, 1.165) is 30.5 Å². The van der Waals surface area contributed by atoms with Crippen molar-refractivity contribution in [1.82, 2.24) is 5.43 Å². The lowest BCUT2D eigenvalue weighted by Gasteiger charge is -2.22. The minimum absolute atomic E-state index is 0.229. The molecule has 15 heavy (non-hydrogen) atoms. The number of carbonyl (C=O) groups excluding carboxylic acids is 1. The summed E-state index contributed by atoms with van der Waals surface area (Å²) in [6, 6.07) is -0.614. The van der Waals surface area contributed by atoms with E-state index in [0.29, 0.717) is 0 Å². The number of amides is 2. The Bertz CT molecular complexity index is 316. The lowest BCUT2D eigenvalue weighted by atomic mass is 9.84. The van der Waals surface area contributed by atoms with Gasteiger partial charge in [0, 0.05) is 0 Å². The number of primary amides is 1. The highest BCUT2D eigenvalue weighted by Gasteiger charge is 2.23. The van der Waals surface area contributed by atoms with E-state index >= 15 is 0 Å². The number of hydrazone groups is 1. The average Bonchev–Trinajstić information content (AvgIpc) is 2.22. The second kappa shape index (κ2) is 4.47. The molecule has 84 valence electrons. The van der Waals surface area contributed by atoms with Gasteiger partial charge in [0.1, 0.15) is 0 Å². The monoisotopic (exact) mass is 209 g/mol. The fourth-order valence-corrected chi connectivity index (χ4v) is 1.73. The van der Waals surface area contributed by atoms with Crippen LogP contribution in [-0.4, -0.2) is 11.7 Å². The molecule has 1 aliphatic rings. The van der Waals surface area contributed by atoms with Gasteiger partial charge in [-0.1, -0.05) is 19.9 Å². The maximum atomic E-state index is 10.6. The van der Waals surface area contributed by atoms with Crippen LogP contribution in [0.2, 0.25) is 0 Å². The molecule has 0 fully saturated rings. The molecule has 0 saturated carbocycles. The first kappa shape index (κ1) is 11.8. The maximum absolute atomic E-state index is 10.6. The zero-order chi connectivity index (χ0) is 11.5. The third-order valence-corrected chi connectivity index (χ3v) is 2.67. The van der Waals surface area contributed by atoms with E-state index in [9.17, 15) is 4.79 Å². The summed E-state index contributed by atoms with van der Waals surface area (Å²) in [6.45, 7) is 6.43. The summed E-state index contributed by atoms with van der Waals surface area (Å²) in [4.78, 5) is 10.6. The molecule has 1 rings (SSSR count). The van der Waals surface area contributed by atoms with Crippen LogP contribution in [0.4, 0.5) is 4.79 Å². The van der Waals surface area contributed by atoms with Crippen molar-refractivity contribution in [3.8, 4) is 0 Å². The van der Waals surface area contributed by atoms with E-state index in [2.05, 4.69) is 30.5 Å². The normalized spacial score (nSPS) is 23.1. The zero-order valence-electron chi connectivity index (χ0n) is 9.63. The van der Waals surface area contributed by atoms with E-state index < -0.39 is 6.03 Å². The van der Waals surface area contributed by atoms with Crippen molar-refractivity contribution < 1.29 is 4.79 Å². The molecule has 0 spiro atoms. The van der Waals surface area contributed by atoms with Crippen molar-refractivity contribution in [2.75, 3.05) is 0 Å². The Balaban J connectivity index is 2.82. The summed E-state index contributed by atoms with van der Waals surface area (Å²) in [6.07, 6.45) is 5.24. The lowest BCUT2D eigenvalue weighted by molar-refractivity contribution is 0.249. The van der Waals surface area contributed by atoms with E-state index in [1.807, 2.05) is 6.92 Å². The first-order chi connectivity index (χ1) is 6.91. The van der Waals surface area contributed by atoms with Gasteiger partial charge in [-0.2, -0.15) is 5.10 Å². The SMILES string of the molecule is CC1=CCCC(C)(C)CC1=NNC(N)=O. The largest absolute Gasteiger partial charge is 0.350 e. The third kappa shape index (κ3) is 3.73. The molecule has 1 aliphatic carbocycles. The Hall–Kier alpha value is -1.32. The first-order valence-electron chi connectivity index (χ1n) is 5.20. The highest BCUT2D eigenvalue weighted by Crippen LogP contribution is 2.31. The minimum Gasteiger partial charge on any atom is -0.350 e. The van der Waals surface area contributed by atoms with Gasteiger partial charge in [-0.3, -0.25) is 0 Å². The summed E-state index contributed by atoms with van der Waals surface area (Å²) in [5, 5.41) is 4.04. The Kier molecular flexibility index (Phi) is 3.50. The molecule has 4 heteroatoms. The molecule has 0 saturated heterocycles. The van der Waals surface area contributed by atoms with Crippen molar-refractivity contribution in [2.24, 2.45) is 16.3 Å². The van der Waals surface area contributed by atoms with Crippen LogP contribution in [0.25, 0.3) is 0 Å². The molecule has 4 nitrogen and oxygen atoms in total. The van der Waals surface area contributed by atoms with Crippen LogP contribution in [-0.2, 0) is 0 Å². The topological polar surface area (TPSA) is 67.5 Å². The van der Waals surface area contributed by atoms with Crippen LogP contribution in [0.1, 0.15) is 40.0 Å². The predicted molar refractivity (Wildman–Crippen MR) is 61.5 cm³/mol. The number of allylic oxidation sites excluding steroid dienone is 2. The number of carbonyl (C=O) groups is 1. The average molecular weight is 209 g/mol. The molecular formula is C11H19N3O. The summed E-state index contributed by atoms with van der Waals surface area (Å²) < 4.78 is 0. The lowest BCUT2D eigenvalue weighted by Crippen LogP contribution is -2.27. The Morgan fingerprint density at radius 3 is 2.87 bits per heavy atom. The smallest absolute Gasteiger partial charge is 0.332 e. The second-order valence-electron chi connectivity index (χ2n) is 4.80. The molecule has 3 N–H and O–H groups in total. The van der Waals surface area contributed by atoms with Crippen molar-refractivity contribution >= 4 is 11.7 Å². The molecule has 0 heterocycles. The molecule has 0 bridgehead atoms. The number of nitrogens with two attached hydrogens (primary N) is 1. The fourth-order valence-electron chi connectivity index (χ4n) is 1.73. The molecule has 0 aromatic carbocycles. The van der Waals surface area contributed by atoms with Crippen molar-refractivity contribution in [3.05, 3.63) is 11.6 Å². The summed E-state index contributed by atoms with van der Waals surface area (Å²) in [7, 11) is 0. The van der Waals surface area contributed by atoms with Gasteiger partial charge in [0.05, 0.1) is 5.71 Å². The Labute approximate surface area is 90.6 Å². The molecule has 0 aromatic rings. The van der Waals surface area contributed by atoms with Crippen molar-refractivity contribution in [2.45, 2.75) is 40.0 Å². The minimum atomic E-state index is -0.614. The summed E-state index contributed by atoms with van der Waals surface area (Å²) in [5.41, 5.74) is 9.57. The van der Waals surface area contributed by atoms with Gasteiger partial charge >= 0.3 is 6.03 Å². The number of nitrogens with one attached hydrogen (secondary N) is 1. The number of nitrogens with zero attached hydrogens (tertiary/aromatic N) is 1. The van der Waals surface area contributed by atoms with Gasteiger partial charge in [-0.05, 0) is 37.2 Å². The highest BCUT2D eigenvalue weighted by atomic mass is 16.2. The standard InChI is InChI=1S/C11H19N3O/c1-8-5-4-6-11(2,3)7-9(8)13-14-10(12)15/h5H,4,6-7H2,1-3H3,(H3,12,14,15). The quantitative estimate of drug-likeness (QED) is 0.638. The van der Waals surface area contributed by atoms with Crippen LogP contribution >= 0.6 is 0 Å². The highest BCUT2D eigenvalue weighted by molar-refractivity contribution is 6.00. The third-order valence-electron chi connectivity index (χ3n) is 2.67. The van der Waals surface area contributed by atoms with Crippen molar-refractivity contribution in [1.29, 1.82) is 0 Å². The summed E-state index contributed by atoms with van der Waals surface area (Å²) >= 11 is 0. The number of hydrogen-bond donors (Lipinski definition) is 2. The number of hydrogen-bond acceptors (Lipinski definition) is 2. The molecule has 2 amide bonds. The number of rotatable bonds is 1. The van der Waals surface area contributed by atoms with E-state index in [4.69, 9.17) is 5.73 Å². The zero-order valence-corrected chi connectivity index (χ0v) is 9.63. The van der Waals surface area contributed by atoms with Gasteiger partial charge in [-0.15, -0.1) is 0 Å². The van der Waals surface area contributed by atoms with Gasteiger partial charge in [0.2, 0.25) is 0 Å². The Morgan fingerprint density at radius 2 is 2.27 bits per heavy atom. The molecular weight excluding hydrogens is 190 g/mol. The van der Waals surface area contributed by atoms with Gasteiger partial charge in [-0.25, -0.2) is 10.2 Å². The van der Waals surface area contributed by atoms with E-state index in [1.165, 1.54) is 0 Å². The first-order valence-corrected chi connectivity index (χ1v) is 5.20. The maximum Gasteiger partial charge on any atom is 0.332 e. The van der Waals surface area contributed by atoms with Crippen LogP contribution < -0.4 is 11.2 Å². The van der Waals surface area contributed by atoms with Crippen LogP contribution in [0.5, 0.6) is 0 Å². The molecule has 0 unspecified atom stereocenters. The Morgan fingerprint density at radius 1 is 1.60 bits per heavy atom. The molecule has 0 aliphatic heterocycles. The van der Waals surface area contributed by atoms with E-state index in [-0.39, 0.29) is 5.41 Å². The summed E-state index contributed by atoms with van der Waals surface area (Å²) in [5.74, 6) is 0. The van der Waals surface area contributed by atoms with E-state index in [1.54, 1.807) is 0 Å². The molecule has 0 aromatic heterocycles. The molecule has 0 atom stereocenters. The van der Waals surface area contributed by atoms with Crippen LogP contribution in [0.3, 0.4) is 0 Å². The van der Waals surface area contributed by atoms with Gasteiger partial charge in [0.15, 0.2) is 0 Å². The predicted octanol–water partition coefficient (Wildman–Crippen LogP) is 2.17. The second-order valence-corrected chi connectivity index (χ2v) is 4.80. The van der Waals surface area contributed by atoms with Crippen LogP contribution in [0, 0.1) is 5.41 Å². The van der Waals surface area contributed by atoms with Gasteiger partial charge < -0.3 is 5.73 Å². The number of urea groups is 1. The van der Waals surface area contributed by atoms with Crippen LogP contribution in [0.15, 0.2) is 16.8 Å². The van der Waals surface area contributed by atoms with Gasteiger partial charge in [0.25, 0.3) is 0 Å². The fraction of sp³-hybridized carbons (Fsp3) is 0.636. The van der Waals surface area contributed by atoms with Crippen molar-refractivity contribution in [3.63, 3.8) is 0 Å².